The molecule has 1 aromatic carbocycles. The topological polar surface area (TPSA) is 79.2 Å². The number of rotatable bonds is 11. The Kier molecular flexibility index (Phi) is 8.57. The number of nitrogens with zero attached hydrogens (tertiary/aromatic N) is 4. The normalized spacial score (nSPS) is 11.8. The van der Waals surface area contributed by atoms with E-state index in [1.807, 2.05) is 29.9 Å². The third-order valence-corrected chi connectivity index (χ3v) is 7.09. The van der Waals surface area contributed by atoms with Gasteiger partial charge in [0.1, 0.15) is 10.6 Å². The maximum absolute atomic E-state index is 13.1. The zero-order chi connectivity index (χ0) is 23.8. The van der Waals surface area contributed by atoms with E-state index in [-0.39, 0.29) is 5.82 Å². The van der Waals surface area contributed by atoms with Crippen LogP contribution < -0.4 is 4.90 Å². The lowest BCUT2D eigenvalue weighted by Gasteiger charge is -2.20. The Morgan fingerprint density at radius 2 is 1.94 bits per heavy atom. The highest BCUT2D eigenvalue weighted by molar-refractivity contribution is 8.02. The van der Waals surface area contributed by atoms with E-state index < -0.39 is 10.7 Å². The van der Waals surface area contributed by atoms with Crippen molar-refractivity contribution >= 4 is 41.1 Å². The highest BCUT2D eigenvalue weighted by atomic mass is 32.2. The summed E-state index contributed by atoms with van der Waals surface area (Å²) in [6.07, 6.45) is 9.17. The molecule has 0 spiro atoms. The van der Waals surface area contributed by atoms with Gasteiger partial charge in [-0.1, -0.05) is 43.0 Å². The van der Waals surface area contributed by atoms with Crippen LogP contribution in [0.4, 0.5) is 10.3 Å². The van der Waals surface area contributed by atoms with Gasteiger partial charge in [-0.2, -0.15) is 0 Å². The van der Waals surface area contributed by atoms with E-state index in [4.69, 9.17) is 0 Å². The summed E-state index contributed by atoms with van der Waals surface area (Å²) in [6.45, 7) is 6.64. The zero-order valence-electron chi connectivity index (χ0n) is 18.9. The molecule has 6 nitrogen and oxygen atoms in total. The number of carbonyl (C=O) groups is 1. The summed E-state index contributed by atoms with van der Waals surface area (Å²) >= 11 is 2.71. The van der Waals surface area contributed by atoms with Gasteiger partial charge in [-0.25, -0.2) is 19.3 Å². The minimum atomic E-state index is -0.929. The standard InChI is InChI=1S/C24H27FN4O2S2/c1-4-17-14-26-22(27-15-17)29(12-5-6-18-7-9-19(25)10-8-18)13-11-20-16-32-23(28-20)33-24(2,3)21(30)31/h5-10,14-16H,4,11-13H2,1-3H3,(H,30,31)/b6-5+. The molecular formula is C24H27FN4O2S2. The third kappa shape index (κ3) is 7.36. The van der Waals surface area contributed by atoms with Crippen molar-refractivity contribution in [2.75, 3.05) is 18.0 Å². The molecule has 0 bridgehead atoms. The van der Waals surface area contributed by atoms with Crippen LogP contribution in [0.5, 0.6) is 0 Å². The lowest BCUT2D eigenvalue weighted by Crippen LogP contribution is -2.28. The molecule has 0 radical (unpaired) electrons. The van der Waals surface area contributed by atoms with E-state index in [0.29, 0.717) is 25.5 Å². The van der Waals surface area contributed by atoms with E-state index in [0.717, 1.165) is 27.6 Å². The highest BCUT2D eigenvalue weighted by Crippen LogP contribution is 2.34. The molecule has 1 N–H and O–H groups in total. The van der Waals surface area contributed by atoms with Gasteiger partial charge in [0.25, 0.3) is 0 Å². The second-order valence-corrected chi connectivity index (χ2v) is 10.6. The number of anilines is 1. The van der Waals surface area contributed by atoms with Crippen LogP contribution in [0.25, 0.3) is 6.08 Å². The molecule has 3 aromatic rings. The summed E-state index contributed by atoms with van der Waals surface area (Å²) in [5.74, 6) is -0.491. The van der Waals surface area contributed by atoms with Crippen molar-refractivity contribution in [2.24, 2.45) is 0 Å². The Hall–Kier alpha value is -2.78. The molecule has 33 heavy (non-hydrogen) atoms. The van der Waals surface area contributed by atoms with Crippen molar-refractivity contribution in [3.05, 3.63) is 70.8 Å². The van der Waals surface area contributed by atoms with E-state index in [1.54, 1.807) is 26.0 Å². The summed E-state index contributed by atoms with van der Waals surface area (Å²) in [5.41, 5.74) is 2.89. The van der Waals surface area contributed by atoms with Gasteiger partial charge < -0.3 is 10.0 Å². The van der Waals surface area contributed by atoms with Gasteiger partial charge in [0.2, 0.25) is 5.95 Å². The summed E-state index contributed by atoms with van der Waals surface area (Å²) in [5, 5.41) is 11.3. The van der Waals surface area contributed by atoms with Crippen LogP contribution in [-0.4, -0.2) is 43.9 Å². The fourth-order valence-corrected chi connectivity index (χ4v) is 5.04. The molecule has 174 valence electrons. The molecule has 3 rings (SSSR count). The van der Waals surface area contributed by atoms with E-state index in [2.05, 4.69) is 26.8 Å². The summed E-state index contributed by atoms with van der Waals surface area (Å²) < 4.78 is 12.9. The Morgan fingerprint density at radius 3 is 2.58 bits per heavy atom. The Morgan fingerprint density at radius 1 is 1.24 bits per heavy atom. The van der Waals surface area contributed by atoms with Crippen LogP contribution in [0, 0.1) is 5.82 Å². The molecule has 0 aliphatic rings. The van der Waals surface area contributed by atoms with E-state index in [1.165, 1.54) is 35.2 Å². The molecule has 0 fully saturated rings. The fraction of sp³-hybridized carbons (Fsp3) is 0.333. The largest absolute Gasteiger partial charge is 0.480 e. The average molecular weight is 487 g/mol. The number of hydrogen-bond acceptors (Lipinski definition) is 7. The lowest BCUT2D eigenvalue weighted by atomic mass is 10.2. The number of thiazole rings is 1. The molecule has 0 aliphatic heterocycles. The van der Waals surface area contributed by atoms with Crippen LogP contribution in [-0.2, 0) is 17.6 Å². The van der Waals surface area contributed by atoms with Crippen LogP contribution in [0.2, 0.25) is 0 Å². The summed E-state index contributed by atoms with van der Waals surface area (Å²) in [7, 11) is 0. The van der Waals surface area contributed by atoms with Gasteiger partial charge in [-0.3, -0.25) is 4.79 Å². The SMILES string of the molecule is CCc1cnc(N(C/C=C/c2ccc(F)cc2)CCc2csc(SC(C)(C)C(=O)O)n2)nc1. The van der Waals surface area contributed by atoms with Gasteiger partial charge in [0.15, 0.2) is 4.34 Å². The first-order valence-electron chi connectivity index (χ1n) is 10.6. The monoisotopic (exact) mass is 486 g/mol. The molecule has 0 unspecified atom stereocenters. The lowest BCUT2D eigenvalue weighted by molar-refractivity contribution is -0.138. The van der Waals surface area contributed by atoms with Crippen molar-refractivity contribution in [1.82, 2.24) is 15.0 Å². The number of thioether (sulfide) groups is 1. The van der Waals surface area contributed by atoms with Crippen molar-refractivity contribution in [3.8, 4) is 0 Å². The number of aliphatic carboxylic acids is 1. The van der Waals surface area contributed by atoms with Crippen LogP contribution in [0.3, 0.4) is 0 Å². The minimum absolute atomic E-state index is 0.259. The van der Waals surface area contributed by atoms with Gasteiger partial charge in [-0.05, 0) is 43.5 Å². The molecular weight excluding hydrogens is 459 g/mol. The van der Waals surface area contributed by atoms with Crippen molar-refractivity contribution < 1.29 is 14.3 Å². The highest BCUT2D eigenvalue weighted by Gasteiger charge is 2.29. The number of aryl methyl sites for hydroxylation is 1. The molecule has 0 atom stereocenters. The number of carboxylic acid groups (broad SMARTS) is 1. The molecule has 0 aliphatic carbocycles. The van der Waals surface area contributed by atoms with Crippen LogP contribution in [0.1, 0.15) is 37.6 Å². The van der Waals surface area contributed by atoms with E-state index in [9.17, 15) is 14.3 Å². The minimum Gasteiger partial charge on any atom is -0.480 e. The average Bonchev–Trinajstić information content (AvgIpc) is 3.24. The van der Waals surface area contributed by atoms with E-state index >= 15 is 0 Å². The maximum atomic E-state index is 13.1. The van der Waals surface area contributed by atoms with Gasteiger partial charge in [-0.15, -0.1) is 11.3 Å². The number of aromatic nitrogens is 3. The molecule has 2 aromatic heterocycles. The Balaban J connectivity index is 1.68. The molecule has 0 saturated heterocycles. The molecule has 0 saturated carbocycles. The summed E-state index contributed by atoms with van der Waals surface area (Å²) in [6, 6.07) is 6.34. The third-order valence-electron chi connectivity index (χ3n) is 4.91. The smallest absolute Gasteiger partial charge is 0.319 e. The number of benzene rings is 1. The first-order valence-corrected chi connectivity index (χ1v) is 12.3. The zero-order valence-corrected chi connectivity index (χ0v) is 20.5. The van der Waals surface area contributed by atoms with Crippen LogP contribution in [0.15, 0.2) is 52.5 Å². The summed E-state index contributed by atoms with van der Waals surface area (Å²) in [4.78, 5) is 27.1. The molecule has 2 heterocycles. The van der Waals surface area contributed by atoms with Crippen molar-refractivity contribution in [2.45, 2.75) is 42.7 Å². The van der Waals surface area contributed by atoms with Crippen molar-refractivity contribution in [3.63, 3.8) is 0 Å². The predicted octanol–water partition coefficient (Wildman–Crippen LogP) is 5.35. The van der Waals surface area contributed by atoms with Gasteiger partial charge in [0.05, 0.1) is 5.69 Å². The first kappa shape index (κ1) is 24.9. The van der Waals surface area contributed by atoms with Crippen LogP contribution >= 0.6 is 23.1 Å². The maximum Gasteiger partial charge on any atom is 0.319 e. The Bertz CT molecular complexity index is 1080. The molecule has 0 amide bonds. The second kappa shape index (κ2) is 11.4. The number of hydrogen-bond donors (Lipinski definition) is 1. The second-order valence-electron chi connectivity index (χ2n) is 7.92. The predicted molar refractivity (Wildman–Crippen MR) is 132 cm³/mol. The number of carboxylic acids is 1. The van der Waals surface area contributed by atoms with Crippen molar-refractivity contribution in [1.29, 1.82) is 0 Å². The molecule has 9 heteroatoms. The quantitative estimate of drug-likeness (QED) is 0.366. The number of halogens is 1. The first-order chi connectivity index (χ1) is 15.8. The van der Waals surface area contributed by atoms with Gasteiger partial charge >= 0.3 is 5.97 Å². The van der Waals surface area contributed by atoms with Gasteiger partial charge in [0, 0.05) is 37.3 Å². The fourth-order valence-electron chi connectivity index (χ4n) is 2.82. The Labute approximate surface area is 201 Å².